The number of halogens is 1. The Kier molecular flexibility index (Phi) is 5.04. The first-order valence-electron chi connectivity index (χ1n) is 7.08. The summed E-state index contributed by atoms with van der Waals surface area (Å²) in [6.07, 6.45) is 0.925. The SMILES string of the molecule is CCCOc1ccccc1NC(C)c1cc(F)ccc1O. The van der Waals surface area contributed by atoms with Crippen LogP contribution in [-0.2, 0) is 0 Å². The van der Waals surface area contributed by atoms with Crippen molar-refractivity contribution in [3.63, 3.8) is 0 Å². The molecule has 3 nitrogen and oxygen atoms in total. The topological polar surface area (TPSA) is 41.5 Å². The van der Waals surface area contributed by atoms with E-state index in [0.29, 0.717) is 12.2 Å². The van der Waals surface area contributed by atoms with E-state index in [2.05, 4.69) is 5.32 Å². The van der Waals surface area contributed by atoms with Gasteiger partial charge in [-0.2, -0.15) is 0 Å². The zero-order valence-electron chi connectivity index (χ0n) is 12.3. The van der Waals surface area contributed by atoms with Crippen molar-refractivity contribution in [2.45, 2.75) is 26.3 Å². The van der Waals surface area contributed by atoms with Gasteiger partial charge in [0.2, 0.25) is 0 Å². The molecule has 0 aliphatic heterocycles. The van der Waals surface area contributed by atoms with E-state index in [1.807, 2.05) is 38.1 Å². The number of para-hydroxylation sites is 2. The van der Waals surface area contributed by atoms with Crippen LogP contribution in [0.15, 0.2) is 42.5 Å². The molecule has 0 amide bonds. The summed E-state index contributed by atoms with van der Waals surface area (Å²) in [5, 5.41) is 13.1. The Morgan fingerprint density at radius 2 is 2.00 bits per heavy atom. The number of phenols is 1. The highest BCUT2D eigenvalue weighted by atomic mass is 19.1. The molecule has 0 aliphatic rings. The van der Waals surface area contributed by atoms with Crippen LogP contribution < -0.4 is 10.1 Å². The third-order valence-corrected chi connectivity index (χ3v) is 3.18. The van der Waals surface area contributed by atoms with E-state index in [9.17, 15) is 9.50 Å². The summed E-state index contributed by atoms with van der Waals surface area (Å²) in [6, 6.07) is 11.3. The van der Waals surface area contributed by atoms with Gasteiger partial charge in [0.1, 0.15) is 17.3 Å². The van der Waals surface area contributed by atoms with Crippen molar-refractivity contribution in [3.8, 4) is 11.5 Å². The Morgan fingerprint density at radius 3 is 2.76 bits per heavy atom. The molecule has 1 unspecified atom stereocenters. The Bertz CT molecular complexity index is 601. The van der Waals surface area contributed by atoms with Gasteiger partial charge in [0, 0.05) is 5.56 Å². The molecule has 112 valence electrons. The number of nitrogens with one attached hydrogen (secondary N) is 1. The van der Waals surface area contributed by atoms with Gasteiger partial charge in [0.25, 0.3) is 0 Å². The third-order valence-electron chi connectivity index (χ3n) is 3.18. The van der Waals surface area contributed by atoms with Gasteiger partial charge >= 0.3 is 0 Å². The molecular formula is C17H20FNO2. The Balaban J connectivity index is 2.19. The lowest BCUT2D eigenvalue weighted by Crippen LogP contribution is -2.09. The molecule has 4 heteroatoms. The lowest BCUT2D eigenvalue weighted by molar-refractivity contribution is 0.318. The van der Waals surface area contributed by atoms with Crippen LogP contribution in [0.1, 0.15) is 31.9 Å². The van der Waals surface area contributed by atoms with Crippen LogP contribution in [0.5, 0.6) is 11.5 Å². The van der Waals surface area contributed by atoms with Gasteiger partial charge < -0.3 is 15.2 Å². The second-order valence-corrected chi connectivity index (χ2v) is 4.91. The Hall–Kier alpha value is -2.23. The monoisotopic (exact) mass is 289 g/mol. The number of hydrogen-bond acceptors (Lipinski definition) is 3. The van der Waals surface area contributed by atoms with Crippen molar-refractivity contribution in [3.05, 3.63) is 53.8 Å². The maximum Gasteiger partial charge on any atom is 0.142 e. The van der Waals surface area contributed by atoms with Crippen molar-refractivity contribution in [1.29, 1.82) is 0 Å². The maximum absolute atomic E-state index is 13.3. The van der Waals surface area contributed by atoms with Crippen LogP contribution in [0.25, 0.3) is 0 Å². The van der Waals surface area contributed by atoms with Gasteiger partial charge in [-0.3, -0.25) is 0 Å². The first-order valence-corrected chi connectivity index (χ1v) is 7.08. The van der Waals surface area contributed by atoms with Gasteiger partial charge in [0.15, 0.2) is 0 Å². The second kappa shape index (κ2) is 6.97. The number of anilines is 1. The summed E-state index contributed by atoms with van der Waals surface area (Å²) in [7, 11) is 0. The predicted octanol–water partition coefficient (Wildman–Crippen LogP) is 4.49. The summed E-state index contributed by atoms with van der Waals surface area (Å²) in [5.74, 6) is 0.456. The minimum atomic E-state index is -0.369. The minimum absolute atomic E-state index is 0.0726. The average molecular weight is 289 g/mol. The molecule has 2 rings (SSSR count). The highest BCUT2D eigenvalue weighted by Gasteiger charge is 2.13. The summed E-state index contributed by atoms with van der Waals surface area (Å²) in [6.45, 7) is 4.55. The average Bonchev–Trinajstić information content (AvgIpc) is 2.48. The van der Waals surface area contributed by atoms with Gasteiger partial charge in [-0.1, -0.05) is 19.1 Å². The molecule has 0 aliphatic carbocycles. The van der Waals surface area contributed by atoms with Crippen LogP contribution in [-0.4, -0.2) is 11.7 Å². The van der Waals surface area contributed by atoms with Crippen molar-refractivity contribution in [2.24, 2.45) is 0 Å². The number of ether oxygens (including phenoxy) is 1. The predicted molar refractivity (Wildman–Crippen MR) is 82.3 cm³/mol. The molecule has 0 saturated carbocycles. The smallest absolute Gasteiger partial charge is 0.142 e. The standard InChI is InChI=1S/C17H20FNO2/c1-3-10-21-17-7-5-4-6-15(17)19-12(2)14-11-13(18)8-9-16(14)20/h4-9,11-12,19-20H,3,10H2,1-2H3. The molecule has 2 aromatic carbocycles. The lowest BCUT2D eigenvalue weighted by Gasteiger charge is -2.19. The van der Waals surface area contributed by atoms with Crippen LogP contribution in [0.3, 0.4) is 0 Å². The van der Waals surface area contributed by atoms with Crippen molar-refractivity contribution >= 4 is 5.69 Å². The molecule has 0 bridgehead atoms. The molecule has 0 saturated heterocycles. The van der Waals surface area contributed by atoms with E-state index in [1.54, 1.807) is 0 Å². The van der Waals surface area contributed by atoms with E-state index in [4.69, 9.17) is 4.74 Å². The molecule has 0 radical (unpaired) electrons. The second-order valence-electron chi connectivity index (χ2n) is 4.91. The number of aromatic hydroxyl groups is 1. The maximum atomic E-state index is 13.3. The minimum Gasteiger partial charge on any atom is -0.508 e. The van der Waals surface area contributed by atoms with E-state index < -0.39 is 0 Å². The lowest BCUT2D eigenvalue weighted by atomic mass is 10.1. The number of rotatable bonds is 6. The fraction of sp³-hybridized carbons (Fsp3) is 0.294. The van der Waals surface area contributed by atoms with E-state index in [1.165, 1.54) is 18.2 Å². The molecule has 2 aromatic rings. The molecular weight excluding hydrogens is 269 g/mol. The molecule has 21 heavy (non-hydrogen) atoms. The zero-order valence-corrected chi connectivity index (χ0v) is 12.3. The number of hydrogen-bond donors (Lipinski definition) is 2. The van der Waals surface area contributed by atoms with Gasteiger partial charge in [-0.05, 0) is 43.7 Å². The van der Waals surface area contributed by atoms with Crippen molar-refractivity contribution < 1.29 is 14.2 Å². The summed E-state index contributed by atoms with van der Waals surface area (Å²) < 4.78 is 19.0. The highest BCUT2D eigenvalue weighted by molar-refractivity contribution is 5.58. The summed E-state index contributed by atoms with van der Waals surface area (Å²) in [5.41, 5.74) is 1.34. The zero-order chi connectivity index (χ0) is 15.2. The molecule has 0 fully saturated rings. The molecule has 2 N–H and O–H groups in total. The number of benzene rings is 2. The van der Waals surface area contributed by atoms with E-state index in [0.717, 1.165) is 17.9 Å². The van der Waals surface area contributed by atoms with Crippen LogP contribution >= 0.6 is 0 Å². The fourth-order valence-electron chi connectivity index (χ4n) is 2.11. The molecule has 1 atom stereocenters. The van der Waals surface area contributed by atoms with Crippen molar-refractivity contribution in [2.75, 3.05) is 11.9 Å². The molecule has 0 aromatic heterocycles. The summed E-state index contributed by atoms with van der Waals surface area (Å²) in [4.78, 5) is 0. The van der Waals surface area contributed by atoms with Crippen LogP contribution in [0.2, 0.25) is 0 Å². The molecule has 0 spiro atoms. The highest BCUT2D eigenvalue weighted by Crippen LogP contribution is 2.31. The quantitative estimate of drug-likeness (QED) is 0.823. The van der Waals surface area contributed by atoms with Crippen LogP contribution in [0.4, 0.5) is 10.1 Å². The van der Waals surface area contributed by atoms with Gasteiger partial charge in [0.05, 0.1) is 18.3 Å². The first-order chi connectivity index (χ1) is 10.1. The first kappa shape index (κ1) is 15.2. The van der Waals surface area contributed by atoms with E-state index in [-0.39, 0.29) is 17.6 Å². The van der Waals surface area contributed by atoms with Gasteiger partial charge in [-0.15, -0.1) is 0 Å². The Morgan fingerprint density at radius 1 is 1.24 bits per heavy atom. The van der Waals surface area contributed by atoms with Gasteiger partial charge in [-0.25, -0.2) is 4.39 Å². The van der Waals surface area contributed by atoms with Crippen LogP contribution in [0, 0.1) is 5.82 Å². The number of phenolic OH excluding ortho intramolecular Hbond substituents is 1. The molecule has 0 heterocycles. The Labute approximate surface area is 124 Å². The summed E-state index contributed by atoms with van der Waals surface area (Å²) >= 11 is 0. The normalized spacial score (nSPS) is 12.0. The fourth-order valence-corrected chi connectivity index (χ4v) is 2.11. The van der Waals surface area contributed by atoms with Crippen molar-refractivity contribution in [1.82, 2.24) is 0 Å². The van der Waals surface area contributed by atoms with E-state index >= 15 is 0 Å². The third kappa shape index (κ3) is 3.88. The largest absolute Gasteiger partial charge is 0.508 e.